The molecule has 8 nitrogen and oxygen atoms in total. The van der Waals surface area contributed by atoms with Crippen LogP contribution in [-0.4, -0.2) is 23.5 Å². The Morgan fingerprint density at radius 2 is 2.05 bits per heavy atom. The Kier molecular flexibility index (Phi) is 3.45. The average molecular weight is 296 g/mol. The molecule has 0 amide bonds. The summed E-state index contributed by atoms with van der Waals surface area (Å²) in [4.78, 5) is 10.1. The number of nitro groups is 1. The van der Waals surface area contributed by atoms with Crippen LogP contribution in [0, 0.1) is 24.0 Å². The number of hydrogen-bond acceptors (Lipinski definition) is 5. The monoisotopic (exact) mass is 296 g/mol. The average Bonchev–Trinajstić information content (AvgIpc) is 2.78. The van der Waals surface area contributed by atoms with Gasteiger partial charge in [-0.2, -0.15) is 5.10 Å². The van der Waals surface area contributed by atoms with Crippen molar-refractivity contribution in [3.63, 3.8) is 0 Å². The van der Waals surface area contributed by atoms with Gasteiger partial charge in [0.2, 0.25) is 0 Å². The maximum atomic E-state index is 12.2. The van der Waals surface area contributed by atoms with Crippen LogP contribution in [0.4, 0.5) is 11.4 Å². The van der Waals surface area contributed by atoms with Crippen LogP contribution in [0.3, 0.4) is 0 Å². The number of H-pyrrole nitrogens is 1. The zero-order chi connectivity index (χ0) is 14.9. The van der Waals surface area contributed by atoms with E-state index in [0.717, 1.165) is 0 Å². The van der Waals surface area contributed by atoms with Crippen molar-refractivity contribution < 1.29 is 13.3 Å². The van der Waals surface area contributed by atoms with Crippen LogP contribution in [0.5, 0.6) is 0 Å². The number of anilines is 1. The van der Waals surface area contributed by atoms with Gasteiger partial charge in [-0.3, -0.25) is 19.9 Å². The summed E-state index contributed by atoms with van der Waals surface area (Å²) in [5.74, 6) is 0. The highest BCUT2D eigenvalue weighted by molar-refractivity contribution is 7.92. The molecule has 0 radical (unpaired) electrons. The Bertz CT molecular complexity index is 766. The van der Waals surface area contributed by atoms with E-state index in [0.29, 0.717) is 11.3 Å². The van der Waals surface area contributed by atoms with Crippen LogP contribution in [-0.2, 0) is 10.0 Å². The van der Waals surface area contributed by atoms with E-state index in [-0.39, 0.29) is 16.3 Å². The van der Waals surface area contributed by atoms with E-state index in [1.54, 1.807) is 13.8 Å². The van der Waals surface area contributed by atoms with Crippen molar-refractivity contribution in [1.82, 2.24) is 10.2 Å². The number of nitro benzene ring substituents is 1. The Balaban J connectivity index is 2.42. The molecule has 1 aromatic carbocycles. The quantitative estimate of drug-likeness (QED) is 0.658. The molecule has 1 aromatic heterocycles. The van der Waals surface area contributed by atoms with Crippen LogP contribution < -0.4 is 4.72 Å². The molecule has 1 heterocycles. The number of nitrogens with one attached hydrogen (secondary N) is 2. The number of rotatable bonds is 4. The molecule has 0 saturated carbocycles. The van der Waals surface area contributed by atoms with E-state index in [9.17, 15) is 18.5 Å². The minimum Gasteiger partial charge on any atom is -0.281 e. The van der Waals surface area contributed by atoms with E-state index in [1.165, 1.54) is 24.4 Å². The van der Waals surface area contributed by atoms with Gasteiger partial charge in [-0.25, -0.2) is 8.42 Å². The summed E-state index contributed by atoms with van der Waals surface area (Å²) in [6, 6.07) is 3.98. The molecule has 0 aliphatic rings. The largest absolute Gasteiger partial charge is 0.281 e. The third-order valence-corrected chi connectivity index (χ3v) is 4.23. The second-order valence-corrected chi connectivity index (χ2v) is 5.87. The fourth-order valence-corrected chi connectivity index (χ4v) is 2.90. The van der Waals surface area contributed by atoms with E-state index < -0.39 is 14.9 Å². The van der Waals surface area contributed by atoms with Gasteiger partial charge in [0.25, 0.3) is 15.7 Å². The number of nitrogens with zero attached hydrogens (tertiary/aromatic N) is 2. The van der Waals surface area contributed by atoms with Gasteiger partial charge in [-0.1, -0.05) is 6.07 Å². The van der Waals surface area contributed by atoms with Crippen LogP contribution in [0.25, 0.3) is 0 Å². The van der Waals surface area contributed by atoms with E-state index in [1.807, 2.05) is 0 Å². The zero-order valence-corrected chi connectivity index (χ0v) is 11.6. The van der Waals surface area contributed by atoms with Crippen LogP contribution in [0.2, 0.25) is 0 Å². The first-order valence-corrected chi connectivity index (χ1v) is 7.07. The lowest BCUT2D eigenvalue weighted by Crippen LogP contribution is -2.14. The number of benzene rings is 1. The summed E-state index contributed by atoms with van der Waals surface area (Å²) in [6.45, 7) is 3.23. The summed E-state index contributed by atoms with van der Waals surface area (Å²) in [6.07, 6.45) is 1.18. The van der Waals surface area contributed by atoms with Gasteiger partial charge in [-0.05, 0) is 19.4 Å². The third-order valence-electron chi connectivity index (χ3n) is 2.75. The maximum absolute atomic E-state index is 12.2. The zero-order valence-electron chi connectivity index (χ0n) is 10.7. The highest BCUT2D eigenvalue weighted by Gasteiger charge is 2.20. The highest BCUT2D eigenvalue weighted by atomic mass is 32.2. The molecule has 2 N–H and O–H groups in total. The summed E-state index contributed by atoms with van der Waals surface area (Å²) in [7, 11) is -3.83. The predicted octanol–water partition coefficient (Wildman–Crippen LogP) is 1.74. The Labute approximate surface area is 115 Å². The number of aromatic nitrogens is 2. The minimum absolute atomic E-state index is 0.00315. The van der Waals surface area contributed by atoms with Gasteiger partial charge < -0.3 is 0 Å². The number of aromatic amines is 1. The molecule has 0 aliphatic heterocycles. The molecule has 2 aromatic rings. The van der Waals surface area contributed by atoms with Gasteiger partial charge >= 0.3 is 0 Å². The molecular formula is C11H12N4O4S. The van der Waals surface area contributed by atoms with E-state index in [2.05, 4.69) is 14.9 Å². The standard InChI is InChI=1S/C11H12N4O4S/c1-7-3-4-9(15(16)17)5-10(7)14-20(18,19)11-6-12-13-8(11)2/h3-6,14H,1-2H3,(H,12,13). The lowest BCUT2D eigenvalue weighted by atomic mass is 10.2. The first kappa shape index (κ1) is 14.0. The molecule has 0 atom stereocenters. The van der Waals surface area contributed by atoms with Crippen LogP contribution >= 0.6 is 0 Å². The number of hydrogen-bond donors (Lipinski definition) is 2. The predicted molar refractivity (Wildman–Crippen MR) is 72.0 cm³/mol. The van der Waals surface area contributed by atoms with Gasteiger partial charge in [0.15, 0.2) is 0 Å². The Morgan fingerprint density at radius 1 is 1.35 bits per heavy atom. The van der Waals surface area contributed by atoms with E-state index in [4.69, 9.17) is 0 Å². The van der Waals surface area contributed by atoms with Crippen molar-refractivity contribution in [3.05, 3.63) is 45.8 Å². The molecule has 9 heteroatoms. The first-order chi connectivity index (χ1) is 9.31. The number of non-ortho nitro benzene ring substituents is 1. The number of aryl methyl sites for hydroxylation is 2. The van der Waals surface area contributed by atoms with Crippen molar-refractivity contribution in [2.24, 2.45) is 0 Å². The van der Waals surface area contributed by atoms with Crippen LogP contribution in [0.1, 0.15) is 11.3 Å². The SMILES string of the molecule is Cc1ccc([N+](=O)[O-])cc1NS(=O)(=O)c1cn[nH]c1C. The Morgan fingerprint density at radius 3 is 2.60 bits per heavy atom. The molecule has 0 bridgehead atoms. The topological polar surface area (TPSA) is 118 Å². The lowest BCUT2D eigenvalue weighted by molar-refractivity contribution is -0.384. The fourth-order valence-electron chi connectivity index (χ4n) is 1.64. The normalized spacial score (nSPS) is 11.3. The fraction of sp³-hybridized carbons (Fsp3) is 0.182. The van der Waals surface area contributed by atoms with Gasteiger partial charge in [0.05, 0.1) is 22.5 Å². The van der Waals surface area contributed by atoms with Crippen molar-refractivity contribution >= 4 is 21.4 Å². The van der Waals surface area contributed by atoms with E-state index >= 15 is 0 Å². The summed E-state index contributed by atoms with van der Waals surface area (Å²) < 4.78 is 26.7. The van der Waals surface area contributed by atoms with Crippen molar-refractivity contribution in [3.8, 4) is 0 Å². The van der Waals surface area contributed by atoms with Gasteiger partial charge in [0.1, 0.15) is 4.90 Å². The van der Waals surface area contributed by atoms with Crippen molar-refractivity contribution in [1.29, 1.82) is 0 Å². The third kappa shape index (κ3) is 2.62. The first-order valence-electron chi connectivity index (χ1n) is 5.59. The molecule has 20 heavy (non-hydrogen) atoms. The maximum Gasteiger partial charge on any atom is 0.271 e. The lowest BCUT2D eigenvalue weighted by Gasteiger charge is -2.09. The summed E-state index contributed by atoms with van der Waals surface area (Å²) in [5, 5.41) is 16.9. The molecule has 106 valence electrons. The van der Waals surface area contributed by atoms with Crippen LogP contribution in [0.15, 0.2) is 29.3 Å². The van der Waals surface area contributed by atoms with Crippen molar-refractivity contribution in [2.75, 3.05) is 4.72 Å². The second-order valence-electron chi connectivity index (χ2n) is 4.22. The van der Waals surface area contributed by atoms with Gasteiger partial charge in [-0.15, -0.1) is 0 Å². The summed E-state index contributed by atoms with van der Waals surface area (Å²) >= 11 is 0. The van der Waals surface area contributed by atoms with Crippen molar-refractivity contribution in [2.45, 2.75) is 18.7 Å². The number of sulfonamides is 1. The molecule has 0 saturated heterocycles. The molecule has 0 fully saturated rings. The minimum atomic E-state index is -3.83. The molecule has 2 rings (SSSR count). The summed E-state index contributed by atoms with van der Waals surface area (Å²) in [5.41, 5.74) is 0.956. The molecule has 0 unspecified atom stereocenters. The molecular weight excluding hydrogens is 284 g/mol. The highest BCUT2D eigenvalue weighted by Crippen LogP contribution is 2.25. The second kappa shape index (κ2) is 4.93. The van der Waals surface area contributed by atoms with Gasteiger partial charge in [0, 0.05) is 12.1 Å². The smallest absolute Gasteiger partial charge is 0.271 e. The Hall–Kier alpha value is -2.42. The molecule has 0 aliphatic carbocycles. The molecule has 0 spiro atoms.